The minimum atomic E-state index is 0.596. The van der Waals surface area contributed by atoms with Gasteiger partial charge in [0.15, 0.2) is 0 Å². The average Bonchev–Trinajstić information content (AvgIpc) is 2.38. The number of hydroxylamine groups is 1. The molecule has 0 aliphatic carbocycles. The lowest BCUT2D eigenvalue weighted by Gasteiger charge is -2.09. The summed E-state index contributed by atoms with van der Waals surface area (Å²) in [7, 11) is 0. The first-order valence-electron chi connectivity index (χ1n) is 6.21. The van der Waals surface area contributed by atoms with Crippen LogP contribution in [-0.2, 0) is 18.0 Å². The zero-order valence-corrected chi connectivity index (χ0v) is 10.9. The van der Waals surface area contributed by atoms with Crippen LogP contribution in [0.1, 0.15) is 22.3 Å². The molecule has 2 heteroatoms. The molecule has 0 bridgehead atoms. The molecule has 2 aromatic carbocycles. The predicted octanol–water partition coefficient (Wildman–Crippen LogP) is 3.52. The van der Waals surface area contributed by atoms with Crippen LogP contribution in [0.4, 0.5) is 0 Å². The van der Waals surface area contributed by atoms with Gasteiger partial charge >= 0.3 is 0 Å². The second-order valence-corrected chi connectivity index (χ2v) is 4.46. The molecule has 18 heavy (non-hydrogen) atoms. The molecule has 1 N–H and O–H groups in total. The van der Waals surface area contributed by atoms with Crippen LogP contribution >= 0.6 is 0 Å². The summed E-state index contributed by atoms with van der Waals surface area (Å²) >= 11 is 0. The van der Waals surface area contributed by atoms with E-state index in [1.807, 2.05) is 24.3 Å². The van der Waals surface area contributed by atoms with Crippen molar-refractivity contribution in [3.05, 3.63) is 70.8 Å². The van der Waals surface area contributed by atoms with Crippen molar-refractivity contribution in [2.75, 3.05) is 0 Å². The van der Waals surface area contributed by atoms with Crippen LogP contribution < -0.4 is 5.48 Å². The molecule has 0 saturated heterocycles. The lowest BCUT2D eigenvalue weighted by atomic mass is 10.1. The highest BCUT2D eigenvalue weighted by atomic mass is 16.6. The predicted molar refractivity (Wildman–Crippen MR) is 74.0 cm³/mol. The fraction of sp³-hybridized carbons (Fsp3) is 0.250. The molecule has 2 nitrogen and oxygen atoms in total. The van der Waals surface area contributed by atoms with Crippen molar-refractivity contribution in [1.82, 2.24) is 5.48 Å². The van der Waals surface area contributed by atoms with Crippen LogP contribution in [0, 0.1) is 13.8 Å². The van der Waals surface area contributed by atoms with Crippen LogP contribution in [0.3, 0.4) is 0 Å². The van der Waals surface area contributed by atoms with Gasteiger partial charge in [0.05, 0.1) is 6.61 Å². The summed E-state index contributed by atoms with van der Waals surface area (Å²) in [4.78, 5) is 5.51. The Labute approximate surface area is 109 Å². The van der Waals surface area contributed by atoms with E-state index in [0.29, 0.717) is 6.61 Å². The summed E-state index contributed by atoms with van der Waals surface area (Å²) in [5, 5.41) is 0. The molecule has 0 atom stereocenters. The molecule has 94 valence electrons. The van der Waals surface area contributed by atoms with Gasteiger partial charge in [0.1, 0.15) is 0 Å². The molecule has 0 amide bonds. The summed E-state index contributed by atoms with van der Waals surface area (Å²) in [6.45, 7) is 5.54. The van der Waals surface area contributed by atoms with Crippen molar-refractivity contribution in [2.45, 2.75) is 27.0 Å². The van der Waals surface area contributed by atoms with Gasteiger partial charge in [0.25, 0.3) is 0 Å². The van der Waals surface area contributed by atoms with E-state index in [-0.39, 0.29) is 0 Å². The van der Waals surface area contributed by atoms with Crippen LogP contribution in [0.2, 0.25) is 0 Å². The van der Waals surface area contributed by atoms with Crippen LogP contribution in [0.15, 0.2) is 48.5 Å². The first kappa shape index (κ1) is 12.8. The molecule has 0 aromatic heterocycles. The van der Waals surface area contributed by atoms with Gasteiger partial charge in [0, 0.05) is 6.54 Å². The quantitative estimate of drug-likeness (QED) is 0.638. The first-order chi connectivity index (χ1) is 8.77. The van der Waals surface area contributed by atoms with Crippen LogP contribution in [0.25, 0.3) is 0 Å². The summed E-state index contributed by atoms with van der Waals surface area (Å²) in [5.74, 6) is 0. The molecule has 0 radical (unpaired) electrons. The van der Waals surface area contributed by atoms with Gasteiger partial charge in [-0.25, -0.2) is 0 Å². The Morgan fingerprint density at radius 1 is 0.833 bits per heavy atom. The van der Waals surface area contributed by atoms with Crippen molar-refractivity contribution in [1.29, 1.82) is 0 Å². The normalized spacial score (nSPS) is 10.6. The van der Waals surface area contributed by atoms with Crippen molar-refractivity contribution >= 4 is 0 Å². The highest BCUT2D eigenvalue weighted by Gasteiger charge is 1.98. The Morgan fingerprint density at radius 3 is 2.00 bits per heavy atom. The number of hydrogen-bond donors (Lipinski definition) is 1. The van der Waals surface area contributed by atoms with Gasteiger partial charge < -0.3 is 0 Å². The van der Waals surface area contributed by atoms with Crippen molar-refractivity contribution in [2.24, 2.45) is 0 Å². The minimum Gasteiger partial charge on any atom is -0.297 e. The Bertz CT molecular complexity index is 460. The van der Waals surface area contributed by atoms with Gasteiger partial charge in [0.2, 0.25) is 0 Å². The van der Waals surface area contributed by atoms with Crippen LogP contribution in [-0.4, -0.2) is 0 Å². The summed E-state index contributed by atoms with van der Waals surface area (Å²) in [6, 6.07) is 16.6. The molecule has 0 fully saturated rings. The summed E-state index contributed by atoms with van der Waals surface area (Å²) < 4.78 is 0. The number of rotatable bonds is 5. The maximum Gasteiger partial charge on any atom is 0.0935 e. The van der Waals surface area contributed by atoms with E-state index in [9.17, 15) is 0 Å². The zero-order chi connectivity index (χ0) is 12.8. The molecule has 2 rings (SSSR count). The van der Waals surface area contributed by atoms with E-state index in [4.69, 9.17) is 4.84 Å². The van der Waals surface area contributed by atoms with Crippen molar-refractivity contribution in [3.63, 3.8) is 0 Å². The Kier molecular flexibility index (Phi) is 4.51. The van der Waals surface area contributed by atoms with E-state index >= 15 is 0 Å². The summed E-state index contributed by atoms with van der Waals surface area (Å²) in [6.07, 6.45) is 0. The number of hydrogen-bond acceptors (Lipinski definition) is 2. The highest BCUT2D eigenvalue weighted by molar-refractivity contribution is 5.25. The SMILES string of the molecule is Cc1ccccc1CNOCc1ccccc1C. The fourth-order valence-electron chi connectivity index (χ4n) is 1.84. The Balaban J connectivity index is 1.80. The summed E-state index contributed by atoms with van der Waals surface area (Å²) in [5.41, 5.74) is 8.04. The molecular weight excluding hydrogens is 222 g/mol. The van der Waals surface area contributed by atoms with E-state index < -0.39 is 0 Å². The molecule has 0 spiro atoms. The maximum absolute atomic E-state index is 5.51. The fourth-order valence-corrected chi connectivity index (χ4v) is 1.84. The molecule has 0 heterocycles. The molecule has 0 aliphatic rings. The Hall–Kier alpha value is -1.64. The third-order valence-corrected chi connectivity index (χ3v) is 3.11. The molecule has 0 aliphatic heterocycles. The Morgan fingerprint density at radius 2 is 1.39 bits per heavy atom. The standard InChI is InChI=1S/C16H19NO/c1-13-7-3-5-9-15(13)11-17-18-12-16-10-6-4-8-14(16)2/h3-10,17H,11-12H2,1-2H3. The second-order valence-electron chi connectivity index (χ2n) is 4.46. The van der Waals surface area contributed by atoms with E-state index in [2.05, 4.69) is 43.6 Å². The topological polar surface area (TPSA) is 21.3 Å². The largest absolute Gasteiger partial charge is 0.297 e. The molecule has 2 aromatic rings. The maximum atomic E-state index is 5.51. The average molecular weight is 241 g/mol. The lowest BCUT2D eigenvalue weighted by Crippen LogP contribution is -2.14. The zero-order valence-electron chi connectivity index (χ0n) is 10.9. The van der Waals surface area contributed by atoms with Gasteiger partial charge in [-0.15, -0.1) is 0 Å². The monoisotopic (exact) mass is 241 g/mol. The second kappa shape index (κ2) is 6.34. The third kappa shape index (κ3) is 3.42. The van der Waals surface area contributed by atoms with E-state index in [0.717, 1.165) is 6.54 Å². The smallest absolute Gasteiger partial charge is 0.0935 e. The minimum absolute atomic E-state index is 0.596. The number of benzene rings is 2. The van der Waals surface area contributed by atoms with Gasteiger partial charge in [-0.05, 0) is 36.1 Å². The van der Waals surface area contributed by atoms with E-state index in [1.54, 1.807) is 0 Å². The lowest BCUT2D eigenvalue weighted by molar-refractivity contribution is 0.0231. The van der Waals surface area contributed by atoms with Crippen LogP contribution in [0.5, 0.6) is 0 Å². The van der Waals surface area contributed by atoms with Gasteiger partial charge in [-0.1, -0.05) is 48.5 Å². The van der Waals surface area contributed by atoms with Crippen molar-refractivity contribution < 1.29 is 4.84 Å². The van der Waals surface area contributed by atoms with E-state index in [1.165, 1.54) is 22.3 Å². The van der Waals surface area contributed by atoms with Gasteiger partial charge in [-0.3, -0.25) is 4.84 Å². The number of aryl methyl sites for hydroxylation is 2. The number of nitrogens with one attached hydrogen (secondary N) is 1. The highest BCUT2D eigenvalue weighted by Crippen LogP contribution is 2.09. The first-order valence-corrected chi connectivity index (χ1v) is 6.21. The third-order valence-electron chi connectivity index (χ3n) is 3.11. The van der Waals surface area contributed by atoms with Crippen molar-refractivity contribution in [3.8, 4) is 0 Å². The molecule has 0 unspecified atom stereocenters. The molecular formula is C16H19NO. The molecule has 0 saturated carbocycles. The van der Waals surface area contributed by atoms with Gasteiger partial charge in [-0.2, -0.15) is 5.48 Å².